The van der Waals surface area contributed by atoms with E-state index in [4.69, 9.17) is 27.9 Å². The second-order valence-electron chi connectivity index (χ2n) is 5.10. The number of nitrogens with one attached hydrogen (secondary N) is 2. The largest absolute Gasteiger partial charge is 0.368 e. The van der Waals surface area contributed by atoms with E-state index >= 15 is 0 Å². The fourth-order valence-electron chi connectivity index (χ4n) is 2.23. The van der Waals surface area contributed by atoms with E-state index in [0.717, 1.165) is 24.8 Å². The molecule has 5 nitrogen and oxygen atoms in total. The summed E-state index contributed by atoms with van der Waals surface area (Å²) >= 11 is 12.0. The molecule has 0 amide bonds. The second kappa shape index (κ2) is 8.15. The minimum atomic E-state index is -3.32. The highest BCUT2D eigenvalue weighted by atomic mass is 35.5. The van der Waals surface area contributed by atoms with Crippen LogP contribution in [-0.4, -0.2) is 40.9 Å². The van der Waals surface area contributed by atoms with E-state index in [1.165, 1.54) is 0 Å². The van der Waals surface area contributed by atoms with Gasteiger partial charge in [-0.2, -0.15) is 0 Å². The average molecular weight is 390 g/mol. The SMILES string of the molecule is CS(=O)(=O)NCC1(c2ccc(Cl)c(Cl)c2)CNCCCO1.Cl. The smallest absolute Gasteiger partial charge is 0.208 e. The Balaban J connectivity index is 0.00000242. The van der Waals surface area contributed by atoms with Crippen LogP contribution in [0.3, 0.4) is 0 Å². The lowest BCUT2D eigenvalue weighted by atomic mass is 9.93. The van der Waals surface area contributed by atoms with Gasteiger partial charge in [0.2, 0.25) is 10.0 Å². The van der Waals surface area contributed by atoms with E-state index in [2.05, 4.69) is 10.0 Å². The number of rotatable bonds is 4. The van der Waals surface area contributed by atoms with Crippen molar-refractivity contribution in [1.29, 1.82) is 0 Å². The summed E-state index contributed by atoms with van der Waals surface area (Å²) in [6.07, 6.45) is 1.99. The van der Waals surface area contributed by atoms with Gasteiger partial charge < -0.3 is 10.1 Å². The third-order valence-corrected chi connectivity index (χ3v) is 4.76. The molecule has 0 spiro atoms. The molecule has 1 atom stereocenters. The van der Waals surface area contributed by atoms with Crippen molar-refractivity contribution in [1.82, 2.24) is 10.0 Å². The summed E-state index contributed by atoms with van der Waals surface area (Å²) in [7, 11) is -3.32. The Morgan fingerprint density at radius 2 is 2.09 bits per heavy atom. The summed E-state index contributed by atoms with van der Waals surface area (Å²) in [5, 5.41) is 4.14. The van der Waals surface area contributed by atoms with E-state index in [0.29, 0.717) is 23.2 Å². The number of hydrogen-bond donors (Lipinski definition) is 2. The van der Waals surface area contributed by atoms with E-state index < -0.39 is 15.6 Å². The van der Waals surface area contributed by atoms with E-state index in [9.17, 15) is 8.42 Å². The standard InChI is InChI=1S/C13H18Cl2N2O3S.ClH/c1-21(18,19)17-9-13(8-16-5-2-6-20-13)10-3-4-11(14)12(15)7-10;/h3-4,7,16-17H,2,5-6,8-9H2,1H3;1H. The lowest BCUT2D eigenvalue weighted by Crippen LogP contribution is -2.48. The van der Waals surface area contributed by atoms with Gasteiger partial charge in [0.15, 0.2) is 0 Å². The Labute approximate surface area is 147 Å². The Bertz CT molecular complexity index is 603. The number of halogens is 3. The minimum absolute atomic E-state index is 0. The monoisotopic (exact) mass is 388 g/mol. The van der Waals surface area contributed by atoms with Gasteiger partial charge in [-0.25, -0.2) is 13.1 Å². The summed E-state index contributed by atoms with van der Waals surface area (Å²) in [6, 6.07) is 5.22. The molecule has 0 aliphatic carbocycles. The van der Waals surface area contributed by atoms with Crippen LogP contribution in [-0.2, 0) is 20.4 Å². The lowest BCUT2D eigenvalue weighted by molar-refractivity contribution is -0.0334. The molecule has 0 saturated carbocycles. The Morgan fingerprint density at radius 3 is 2.73 bits per heavy atom. The maximum atomic E-state index is 11.4. The van der Waals surface area contributed by atoms with Crippen molar-refractivity contribution in [2.24, 2.45) is 0 Å². The van der Waals surface area contributed by atoms with Gasteiger partial charge in [-0.15, -0.1) is 12.4 Å². The van der Waals surface area contributed by atoms with Gasteiger partial charge in [0, 0.05) is 19.7 Å². The highest BCUT2D eigenvalue weighted by Gasteiger charge is 2.35. The third kappa shape index (κ3) is 5.23. The van der Waals surface area contributed by atoms with Crippen LogP contribution in [0.5, 0.6) is 0 Å². The Hall–Kier alpha value is -0.0800. The zero-order chi connectivity index (χ0) is 15.5. The highest BCUT2D eigenvalue weighted by Crippen LogP contribution is 2.32. The van der Waals surface area contributed by atoms with Crippen LogP contribution < -0.4 is 10.0 Å². The maximum Gasteiger partial charge on any atom is 0.208 e. The Kier molecular flexibility index (Phi) is 7.39. The zero-order valence-corrected chi connectivity index (χ0v) is 15.2. The minimum Gasteiger partial charge on any atom is -0.368 e. The molecule has 1 aliphatic rings. The quantitative estimate of drug-likeness (QED) is 0.828. The first kappa shape index (κ1) is 20.0. The zero-order valence-electron chi connectivity index (χ0n) is 12.1. The number of sulfonamides is 1. The maximum absolute atomic E-state index is 11.4. The number of ether oxygens (including phenoxy) is 1. The van der Waals surface area contributed by atoms with Crippen molar-refractivity contribution < 1.29 is 13.2 Å². The van der Waals surface area contributed by atoms with Gasteiger partial charge in [0.05, 0.1) is 16.3 Å². The highest BCUT2D eigenvalue weighted by molar-refractivity contribution is 7.88. The molecule has 1 unspecified atom stereocenters. The molecule has 0 bridgehead atoms. The lowest BCUT2D eigenvalue weighted by Gasteiger charge is -2.33. The molecule has 126 valence electrons. The van der Waals surface area contributed by atoms with Gasteiger partial charge >= 0.3 is 0 Å². The van der Waals surface area contributed by atoms with Gasteiger partial charge in [-0.1, -0.05) is 29.3 Å². The summed E-state index contributed by atoms with van der Waals surface area (Å²) < 4.78 is 31.3. The van der Waals surface area contributed by atoms with Crippen LogP contribution in [0.4, 0.5) is 0 Å². The van der Waals surface area contributed by atoms with Gasteiger partial charge in [-0.05, 0) is 30.7 Å². The first-order valence-electron chi connectivity index (χ1n) is 6.57. The average Bonchev–Trinajstić information content (AvgIpc) is 2.65. The molecule has 1 fully saturated rings. The van der Waals surface area contributed by atoms with Crippen LogP contribution in [0.2, 0.25) is 10.0 Å². The Morgan fingerprint density at radius 1 is 1.36 bits per heavy atom. The molecule has 22 heavy (non-hydrogen) atoms. The molecule has 1 heterocycles. The molecule has 0 aromatic heterocycles. The van der Waals surface area contributed by atoms with Crippen molar-refractivity contribution in [3.05, 3.63) is 33.8 Å². The second-order valence-corrected chi connectivity index (χ2v) is 7.74. The van der Waals surface area contributed by atoms with E-state index in [1.807, 2.05) is 6.07 Å². The van der Waals surface area contributed by atoms with Crippen LogP contribution in [0.1, 0.15) is 12.0 Å². The van der Waals surface area contributed by atoms with E-state index in [-0.39, 0.29) is 19.0 Å². The summed E-state index contributed by atoms with van der Waals surface area (Å²) in [5.74, 6) is 0. The molecular weight excluding hydrogens is 371 g/mol. The van der Waals surface area contributed by atoms with Gasteiger partial charge in [0.25, 0.3) is 0 Å². The molecule has 1 saturated heterocycles. The fraction of sp³-hybridized carbons (Fsp3) is 0.538. The van der Waals surface area contributed by atoms with E-state index in [1.54, 1.807) is 12.1 Å². The summed E-state index contributed by atoms with van der Waals surface area (Å²) in [5.41, 5.74) is -0.00387. The molecule has 9 heteroatoms. The van der Waals surface area contributed by atoms with Crippen molar-refractivity contribution in [2.75, 3.05) is 32.5 Å². The predicted molar refractivity (Wildman–Crippen MR) is 91.7 cm³/mol. The molecule has 1 aromatic carbocycles. The van der Waals surface area contributed by atoms with Crippen molar-refractivity contribution in [3.8, 4) is 0 Å². The van der Waals surface area contributed by atoms with Gasteiger partial charge in [0.1, 0.15) is 5.60 Å². The molecular formula is C13H19Cl3N2O3S. The molecule has 1 aliphatic heterocycles. The molecule has 2 N–H and O–H groups in total. The van der Waals surface area contributed by atoms with Crippen LogP contribution >= 0.6 is 35.6 Å². The van der Waals surface area contributed by atoms with Crippen molar-refractivity contribution >= 4 is 45.6 Å². The van der Waals surface area contributed by atoms with Crippen molar-refractivity contribution in [3.63, 3.8) is 0 Å². The summed E-state index contributed by atoms with van der Waals surface area (Å²) in [4.78, 5) is 0. The van der Waals surface area contributed by atoms with Gasteiger partial charge in [-0.3, -0.25) is 0 Å². The fourth-order valence-corrected chi connectivity index (χ4v) is 3.03. The molecule has 2 rings (SSSR count). The molecule has 0 radical (unpaired) electrons. The number of benzene rings is 1. The third-order valence-electron chi connectivity index (χ3n) is 3.35. The van der Waals surface area contributed by atoms with Crippen LogP contribution in [0.25, 0.3) is 0 Å². The first-order valence-corrected chi connectivity index (χ1v) is 9.22. The van der Waals surface area contributed by atoms with Crippen LogP contribution in [0, 0.1) is 0 Å². The topological polar surface area (TPSA) is 67.4 Å². The van der Waals surface area contributed by atoms with Crippen molar-refractivity contribution in [2.45, 2.75) is 12.0 Å². The first-order chi connectivity index (χ1) is 9.82. The molecule has 1 aromatic rings. The predicted octanol–water partition coefficient (Wildman–Crippen LogP) is 2.17. The van der Waals surface area contributed by atoms with Crippen LogP contribution in [0.15, 0.2) is 18.2 Å². The summed E-state index contributed by atoms with van der Waals surface area (Å²) in [6.45, 7) is 1.99. The number of hydrogen-bond acceptors (Lipinski definition) is 4. The normalized spacial score (nSPS) is 22.7.